The molecule has 98 valence electrons. The first-order valence-electron chi connectivity index (χ1n) is 5.46. The van der Waals surface area contributed by atoms with E-state index < -0.39 is 5.82 Å². The van der Waals surface area contributed by atoms with Crippen LogP contribution in [0.2, 0.25) is 0 Å². The number of hydrogen-bond donors (Lipinski definition) is 1. The summed E-state index contributed by atoms with van der Waals surface area (Å²) in [4.78, 5) is 12.2. The van der Waals surface area contributed by atoms with E-state index >= 15 is 0 Å². The van der Waals surface area contributed by atoms with Crippen LogP contribution in [0.3, 0.4) is 0 Å². The van der Waals surface area contributed by atoms with E-state index in [1.54, 1.807) is 18.2 Å². The Balaban J connectivity index is 2.41. The molecule has 0 aromatic heterocycles. The molecule has 3 nitrogen and oxygen atoms in total. The van der Waals surface area contributed by atoms with E-state index in [1.807, 2.05) is 0 Å². The first-order valence-corrected chi connectivity index (χ1v) is 6.25. The smallest absolute Gasteiger partial charge is 0.193 e. The van der Waals surface area contributed by atoms with Crippen LogP contribution in [0.4, 0.5) is 10.1 Å². The zero-order valence-corrected chi connectivity index (χ0v) is 11.7. The summed E-state index contributed by atoms with van der Waals surface area (Å²) < 4.78 is 18.5. The third kappa shape index (κ3) is 2.76. The zero-order valence-electron chi connectivity index (χ0n) is 10.1. The van der Waals surface area contributed by atoms with E-state index in [4.69, 9.17) is 10.5 Å². The minimum Gasteiger partial charge on any atom is -0.495 e. The fraction of sp³-hybridized carbons (Fsp3) is 0.0714. The standard InChI is InChI=1S/C14H11BrFNO2/c1-19-13-7-9(3-5-12(13)17)14(18)8-2-4-11(16)10(15)6-8/h2-7H,17H2,1H3. The van der Waals surface area contributed by atoms with Gasteiger partial charge in [0.25, 0.3) is 0 Å². The first kappa shape index (κ1) is 13.5. The van der Waals surface area contributed by atoms with Gasteiger partial charge in [0.05, 0.1) is 17.3 Å². The van der Waals surface area contributed by atoms with Crippen LogP contribution in [0.5, 0.6) is 5.75 Å². The highest BCUT2D eigenvalue weighted by Gasteiger charge is 2.13. The highest BCUT2D eigenvalue weighted by molar-refractivity contribution is 9.10. The molecule has 0 atom stereocenters. The highest BCUT2D eigenvalue weighted by atomic mass is 79.9. The summed E-state index contributed by atoms with van der Waals surface area (Å²) in [5.41, 5.74) is 6.97. The second-order valence-corrected chi connectivity index (χ2v) is 4.77. The van der Waals surface area contributed by atoms with E-state index in [0.29, 0.717) is 22.6 Å². The van der Waals surface area contributed by atoms with E-state index in [2.05, 4.69) is 15.9 Å². The topological polar surface area (TPSA) is 52.3 Å². The number of nitrogens with two attached hydrogens (primary N) is 1. The molecule has 2 aromatic rings. The van der Waals surface area contributed by atoms with Gasteiger partial charge in [-0.05, 0) is 52.3 Å². The van der Waals surface area contributed by atoms with Crippen molar-refractivity contribution in [3.8, 4) is 5.75 Å². The lowest BCUT2D eigenvalue weighted by Crippen LogP contribution is -2.03. The number of hydrogen-bond acceptors (Lipinski definition) is 3. The summed E-state index contributed by atoms with van der Waals surface area (Å²) in [6, 6.07) is 8.90. The SMILES string of the molecule is COc1cc(C(=O)c2ccc(F)c(Br)c2)ccc1N. The minimum absolute atomic E-state index is 0.223. The van der Waals surface area contributed by atoms with Crippen LogP contribution >= 0.6 is 15.9 Å². The van der Waals surface area contributed by atoms with Crippen molar-refractivity contribution in [2.24, 2.45) is 0 Å². The molecule has 19 heavy (non-hydrogen) atoms. The Bertz CT molecular complexity index is 643. The van der Waals surface area contributed by atoms with Crippen molar-refractivity contribution in [1.82, 2.24) is 0 Å². The van der Waals surface area contributed by atoms with Crippen LogP contribution in [0, 0.1) is 5.82 Å². The van der Waals surface area contributed by atoms with Crippen molar-refractivity contribution in [2.75, 3.05) is 12.8 Å². The number of halogens is 2. The molecule has 0 heterocycles. The average Bonchev–Trinajstić information content (AvgIpc) is 2.41. The van der Waals surface area contributed by atoms with E-state index in [1.165, 1.54) is 25.3 Å². The molecule has 0 bridgehead atoms. The molecular formula is C14H11BrFNO2. The Morgan fingerprint density at radius 1 is 1.21 bits per heavy atom. The number of nitrogen functional groups attached to an aromatic ring is 1. The molecule has 0 saturated heterocycles. The molecule has 2 rings (SSSR count). The third-order valence-corrected chi connectivity index (χ3v) is 3.29. The van der Waals surface area contributed by atoms with Gasteiger partial charge in [0.2, 0.25) is 0 Å². The van der Waals surface area contributed by atoms with Crippen LogP contribution in [-0.4, -0.2) is 12.9 Å². The van der Waals surface area contributed by atoms with Gasteiger partial charge in [-0.2, -0.15) is 0 Å². The maximum atomic E-state index is 13.1. The average molecular weight is 324 g/mol. The highest BCUT2D eigenvalue weighted by Crippen LogP contribution is 2.25. The van der Waals surface area contributed by atoms with Gasteiger partial charge in [0.15, 0.2) is 5.78 Å². The quantitative estimate of drug-likeness (QED) is 0.695. The summed E-state index contributed by atoms with van der Waals surface area (Å²) >= 11 is 3.05. The predicted molar refractivity (Wildman–Crippen MR) is 74.9 cm³/mol. The summed E-state index contributed by atoms with van der Waals surface area (Å²) in [6.07, 6.45) is 0. The summed E-state index contributed by atoms with van der Waals surface area (Å²) in [5.74, 6) is -0.197. The lowest BCUT2D eigenvalue weighted by molar-refractivity contribution is 0.103. The van der Waals surface area contributed by atoms with E-state index in [9.17, 15) is 9.18 Å². The molecule has 0 saturated carbocycles. The Morgan fingerprint density at radius 3 is 2.47 bits per heavy atom. The lowest BCUT2D eigenvalue weighted by Gasteiger charge is -2.07. The maximum absolute atomic E-state index is 13.1. The van der Waals surface area contributed by atoms with Crippen molar-refractivity contribution < 1.29 is 13.9 Å². The van der Waals surface area contributed by atoms with Crippen LogP contribution in [0.1, 0.15) is 15.9 Å². The van der Waals surface area contributed by atoms with Gasteiger partial charge in [0.1, 0.15) is 11.6 Å². The number of carbonyl (C=O) groups is 1. The number of rotatable bonds is 3. The van der Waals surface area contributed by atoms with Crippen molar-refractivity contribution >= 4 is 27.4 Å². The molecule has 0 aliphatic rings. The second kappa shape index (κ2) is 5.40. The fourth-order valence-electron chi connectivity index (χ4n) is 1.66. The summed E-state index contributed by atoms with van der Waals surface area (Å²) in [5, 5.41) is 0. The van der Waals surface area contributed by atoms with Gasteiger partial charge in [-0.15, -0.1) is 0 Å². The van der Waals surface area contributed by atoms with Crippen molar-refractivity contribution in [2.45, 2.75) is 0 Å². The van der Waals surface area contributed by atoms with Gasteiger partial charge < -0.3 is 10.5 Å². The summed E-state index contributed by atoms with van der Waals surface area (Å²) in [6.45, 7) is 0. The summed E-state index contributed by atoms with van der Waals surface area (Å²) in [7, 11) is 1.48. The Labute approximate surface area is 118 Å². The zero-order chi connectivity index (χ0) is 14.0. The van der Waals surface area contributed by atoms with Gasteiger partial charge in [-0.25, -0.2) is 4.39 Å². The Morgan fingerprint density at radius 2 is 1.84 bits per heavy atom. The van der Waals surface area contributed by atoms with Gasteiger partial charge >= 0.3 is 0 Å². The number of carbonyl (C=O) groups excluding carboxylic acids is 1. The number of ether oxygens (including phenoxy) is 1. The Kier molecular flexibility index (Phi) is 3.85. The van der Waals surface area contributed by atoms with Gasteiger partial charge in [0, 0.05) is 11.1 Å². The van der Waals surface area contributed by atoms with Crippen molar-refractivity contribution in [3.63, 3.8) is 0 Å². The van der Waals surface area contributed by atoms with Crippen molar-refractivity contribution in [1.29, 1.82) is 0 Å². The van der Waals surface area contributed by atoms with Gasteiger partial charge in [-0.1, -0.05) is 0 Å². The number of anilines is 1. The molecular weight excluding hydrogens is 313 g/mol. The molecule has 2 aromatic carbocycles. The molecule has 0 radical (unpaired) electrons. The molecule has 0 spiro atoms. The molecule has 0 unspecified atom stereocenters. The van der Waals surface area contributed by atoms with E-state index in [0.717, 1.165) is 0 Å². The monoisotopic (exact) mass is 323 g/mol. The first-order chi connectivity index (χ1) is 9.02. The maximum Gasteiger partial charge on any atom is 0.193 e. The largest absolute Gasteiger partial charge is 0.495 e. The molecule has 2 N–H and O–H groups in total. The van der Waals surface area contributed by atoms with Crippen LogP contribution < -0.4 is 10.5 Å². The molecule has 5 heteroatoms. The predicted octanol–water partition coefficient (Wildman–Crippen LogP) is 3.41. The van der Waals surface area contributed by atoms with Crippen LogP contribution in [0.25, 0.3) is 0 Å². The van der Waals surface area contributed by atoms with Crippen LogP contribution in [0.15, 0.2) is 40.9 Å². The normalized spacial score (nSPS) is 10.3. The second-order valence-electron chi connectivity index (χ2n) is 3.91. The number of ketones is 1. The molecule has 0 aliphatic heterocycles. The van der Waals surface area contributed by atoms with Crippen molar-refractivity contribution in [3.05, 3.63) is 57.8 Å². The number of benzene rings is 2. The lowest BCUT2D eigenvalue weighted by atomic mass is 10.0. The molecule has 0 fully saturated rings. The number of methoxy groups -OCH3 is 1. The van der Waals surface area contributed by atoms with Gasteiger partial charge in [-0.3, -0.25) is 4.79 Å². The minimum atomic E-state index is -0.411. The molecule has 0 amide bonds. The fourth-order valence-corrected chi connectivity index (χ4v) is 2.04. The van der Waals surface area contributed by atoms with E-state index in [-0.39, 0.29) is 10.3 Å². The van der Waals surface area contributed by atoms with Crippen LogP contribution in [-0.2, 0) is 0 Å². The third-order valence-electron chi connectivity index (χ3n) is 2.68. The Hall–Kier alpha value is -1.88. The molecule has 0 aliphatic carbocycles.